The van der Waals surface area contributed by atoms with Crippen LogP contribution in [0.4, 0.5) is 24.8 Å². The van der Waals surface area contributed by atoms with Gasteiger partial charge in [0.15, 0.2) is 0 Å². The quantitative estimate of drug-likeness (QED) is 0.524. The first-order valence-corrected chi connectivity index (χ1v) is 10.9. The zero-order chi connectivity index (χ0) is 22.6. The number of nitrogens with one attached hydrogen (secondary N) is 1. The Kier molecular flexibility index (Phi) is 4.94. The highest BCUT2D eigenvalue weighted by Crippen LogP contribution is 2.46. The van der Waals surface area contributed by atoms with E-state index in [-0.39, 0.29) is 22.1 Å². The SMILES string of the molecule is CN1Cc2cc(Nc3ncc(C(F)(F)F)c(-c4cc(C(=O)O)cs4)n3)c(C3CC3)cc2C1. The second-order valence-electron chi connectivity index (χ2n) is 8.24. The lowest BCUT2D eigenvalue weighted by Crippen LogP contribution is -2.11. The molecule has 1 aliphatic heterocycles. The summed E-state index contributed by atoms with van der Waals surface area (Å²) < 4.78 is 40.8. The number of thiophene rings is 1. The van der Waals surface area contributed by atoms with Crippen LogP contribution in [0.1, 0.15) is 51.4 Å². The van der Waals surface area contributed by atoms with Gasteiger partial charge in [-0.1, -0.05) is 6.07 Å². The highest BCUT2D eigenvalue weighted by Gasteiger charge is 2.36. The fourth-order valence-electron chi connectivity index (χ4n) is 4.01. The standard InChI is InChI=1S/C22H19F3N4O2S/c1-29-8-12-4-15(11-2-3-11)17(5-13(12)9-29)27-21-26-7-16(22(23,24)25)19(28-21)18-6-14(10-32-18)20(30)31/h4-7,10-11H,2-3,8-9H2,1H3,(H,30,31)(H,26,27,28). The molecule has 0 bridgehead atoms. The molecule has 2 aromatic heterocycles. The molecule has 2 aliphatic rings. The number of carboxylic acids is 1. The van der Waals surface area contributed by atoms with Crippen molar-refractivity contribution in [1.82, 2.24) is 14.9 Å². The molecule has 3 aromatic rings. The third-order valence-corrected chi connectivity index (χ3v) is 6.63. The van der Waals surface area contributed by atoms with Gasteiger partial charge in [0.1, 0.15) is 5.56 Å². The number of aromatic carboxylic acids is 1. The number of hydrogen-bond donors (Lipinski definition) is 2. The summed E-state index contributed by atoms with van der Waals surface area (Å²) in [5.41, 5.74) is 2.98. The van der Waals surface area contributed by atoms with Crippen molar-refractivity contribution < 1.29 is 23.1 Å². The van der Waals surface area contributed by atoms with Crippen LogP contribution in [0.5, 0.6) is 0 Å². The third kappa shape index (κ3) is 3.95. The lowest BCUT2D eigenvalue weighted by atomic mass is 10.0. The molecule has 2 N–H and O–H groups in total. The van der Waals surface area contributed by atoms with Crippen molar-refractivity contribution in [3.63, 3.8) is 0 Å². The summed E-state index contributed by atoms with van der Waals surface area (Å²) in [7, 11) is 2.04. The highest BCUT2D eigenvalue weighted by atomic mass is 32.1. The minimum absolute atomic E-state index is 0.0477. The lowest BCUT2D eigenvalue weighted by Gasteiger charge is -2.15. The predicted molar refractivity (Wildman–Crippen MR) is 114 cm³/mol. The molecule has 32 heavy (non-hydrogen) atoms. The van der Waals surface area contributed by atoms with Gasteiger partial charge in [-0.3, -0.25) is 4.90 Å². The van der Waals surface area contributed by atoms with Crippen LogP contribution in [0.25, 0.3) is 10.6 Å². The van der Waals surface area contributed by atoms with Gasteiger partial charge in [-0.05, 0) is 54.6 Å². The molecule has 6 nitrogen and oxygen atoms in total. The van der Waals surface area contributed by atoms with Gasteiger partial charge >= 0.3 is 12.1 Å². The van der Waals surface area contributed by atoms with Crippen molar-refractivity contribution in [3.8, 4) is 10.6 Å². The Balaban J connectivity index is 1.55. The maximum absolute atomic E-state index is 13.6. The summed E-state index contributed by atoms with van der Waals surface area (Å²) in [5, 5.41) is 13.6. The second-order valence-corrected chi connectivity index (χ2v) is 9.15. The van der Waals surface area contributed by atoms with E-state index in [1.807, 2.05) is 13.1 Å². The number of carbonyl (C=O) groups is 1. The van der Waals surface area contributed by atoms with Crippen molar-refractivity contribution in [3.05, 3.63) is 57.6 Å². The molecule has 1 saturated carbocycles. The van der Waals surface area contributed by atoms with Crippen LogP contribution in [-0.4, -0.2) is 33.0 Å². The Morgan fingerprint density at radius 3 is 2.56 bits per heavy atom. The first-order valence-electron chi connectivity index (χ1n) is 10.1. The summed E-state index contributed by atoms with van der Waals surface area (Å²) in [5.74, 6) is -0.727. The first-order chi connectivity index (χ1) is 15.2. The van der Waals surface area contributed by atoms with Crippen molar-refractivity contribution in [2.24, 2.45) is 0 Å². The normalized spacial score (nSPS) is 16.2. The number of carboxylic acid groups (broad SMARTS) is 1. The number of benzene rings is 1. The number of aromatic nitrogens is 2. The lowest BCUT2D eigenvalue weighted by molar-refractivity contribution is -0.137. The molecule has 166 valence electrons. The molecule has 5 rings (SSSR count). The topological polar surface area (TPSA) is 78.4 Å². The molecule has 0 saturated heterocycles. The molecular formula is C22H19F3N4O2S. The molecule has 0 radical (unpaired) electrons. The van der Waals surface area contributed by atoms with Crippen molar-refractivity contribution in [2.45, 2.75) is 38.0 Å². The van der Waals surface area contributed by atoms with Crippen LogP contribution in [-0.2, 0) is 19.3 Å². The van der Waals surface area contributed by atoms with Gasteiger partial charge in [0, 0.05) is 30.4 Å². The molecule has 0 atom stereocenters. The summed E-state index contributed by atoms with van der Waals surface area (Å²) in [6.45, 7) is 1.68. The molecule has 1 fully saturated rings. The van der Waals surface area contributed by atoms with E-state index in [1.165, 1.54) is 22.6 Å². The second kappa shape index (κ2) is 7.56. The summed E-state index contributed by atoms with van der Waals surface area (Å²) in [4.78, 5) is 21.6. The van der Waals surface area contributed by atoms with Gasteiger partial charge < -0.3 is 10.4 Å². The number of alkyl halides is 3. The smallest absolute Gasteiger partial charge is 0.420 e. The van der Waals surface area contributed by atoms with Crippen molar-refractivity contribution >= 4 is 28.9 Å². The van der Waals surface area contributed by atoms with Crippen LogP contribution in [0.2, 0.25) is 0 Å². The summed E-state index contributed by atoms with van der Waals surface area (Å²) in [6.07, 6.45) is -1.76. The molecule has 1 aromatic carbocycles. The van der Waals surface area contributed by atoms with Crippen LogP contribution < -0.4 is 5.32 Å². The number of nitrogens with zero attached hydrogens (tertiary/aromatic N) is 3. The predicted octanol–water partition coefficient (Wildman–Crippen LogP) is 5.49. The summed E-state index contributed by atoms with van der Waals surface area (Å²) >= 11 is 0.906. The molecule has 3 heterocycles. The van der Waals surface area contributed by atoms with E-state index in [0.29, 0.717) is 5.92 Å². The Bertz CT molecular complexity index is 1220. The van der Waals surface area contributed by atoms with E-state index in [9.17, 15) is 18.0 Å². The Morgan fingerprint density at radius 1 is 1.22 bits per heavy atom. The van der Waals surface area contributed by atoms with E-state index in [0.717, 1.165) is 54.7 Å². The van der Waals surface area contributed by atoms with Crippen LogP contribution in [0.15, 0.2) is 29.8 Å². The Labute approximate surface area is 185 Å². The van der Waals surface area contributed by atoms with Gasteiger partial charge in [0.2, 0.25) is 5.95 Å². The largest absolute Gasteiger partial charge is 0.478 e. The van der Waals surface area contributed by atoms with E-state index in [2.05, 4.69) is 26.3 Å². The maximum Gasteiger partial charge on any atom is 0.420 e. The van der Waals surface area contributed by atoms with Gasteiger partial charge in [0.25, 0.3) is 0 Å². The Morgan fingerprint density at radius 2 is 1.94 bits per heavy atom. The van der Waals surface area contributed by atoms with Gasteiger partial charge in [0.05, 0.1) is 16.1 Å². The molecule has 0 unspecified atom stereocenters. The zero-order valence-electron chi connectivity index (χ0n) is 17.0. The van der Waals surface area contributed by atoms with E-state index >= 15 is 0 Å². The average molecular weight is 460 g/mol. The zero-order valence-corrected chi connectivity index (χ0v) is 17.8. The molecule has 10 heteroatoms. The minimum atomic E-state index is -4.67. The maximum atomic E-state index is 13.6. The van der Waals surface area contributed by atoms with E-state index in [1.54, 1.807) is 0 Å². The average Bonchev–Trinajstić information content (AvgIpc) is 3.31. The number of rotatable bonds is 5. The van der Waals surface area contributed by atoms with Gasteiger partial charge in [-0.15, -0.1) is 11.3 Å². The molecular weight excluding hydrogens is 441 g/mol. The fourth-order valence-corrected chi connectivity index (χ4v) is 4.90. The molecule has 0 spiro atoms. The molecule has 0 amide bonds. The number of hydrogen-bond acceptors (Lipinski definition) is 6. The minimum Gasteiger partial charge on any atom is -0.478 e. The van der Waals surface area contributed by atoms with E-state index in [4.69, 9.17) is 5.11 Å². The fraction of sp³-hybridized carbons (Fsp3) is 0.318. The number of halogens is 3. The van der Waals surface area contributed by atoms with Crippen LogP contribution >= 0.6 is 11.3 Å². The third-order valence-electron chi connectivity index (χ3n) is 5.69. The van der Waals surface area contributed by atoms with E-state index < -0.39 is 17.7 Å². The van der Waals surface area contributed by atoms with Crippen LogP contribution in [0.3, 0.4) is 0 Å². The van der Waals surface area contributed by atoms with Crippen molar-refractivity contribution in [2.75, 3.05) is 12.4 Å². The van der Waals surface area contributed by atoms with Crippen LogP contribution in [0, 0.1) is 0 Å². The monoisotopic (exact) mass is 460 g/mol. The Hall–Kier alpha value is -2.98. The van der Waals surface area contributed by atoms with Gasteiger partial charge in [-0.25, -0.2) is 14.8 Å². The highest BCUT2D eigenvalue weighted by molar-refractivity contribution is 7.13. The van der Waals surface area contributed by atoms with Gasteiger partial charge in [-0.2, -0.15) is 13.2 Å². The first kappa shape index (κ1) is 20.9. The molecule has 1 aliphatic carbocycles. The number of fused-ring (bicyclic) bond motifs is 1. The summed E-state index contributed by atoms with van der Waals surface area (Å²) in [6, 6.07) is 5.43. The van der Waals surface area contributed by atoms with Crippen molar-refractivity contribution in [1.29, 1.82) is 0 Å². The number of anilines is 2.